The van der Waals surface area contributed by atoms with Gasteiger partial charge in [-0.05, 0) is 41.1 Å². The Morgan fingerprint density at radius 1 is 1.05 bits per heavy atom. The average molecular weight is 327 g/mol. The molecule has 0 spiro atoms. The van der Waals surface area contributed by atoms with Crippen molar-refractivity contribution < 1.29 is 0 Å². The Labute approximate surface area is 126 Å². The van der Waals surface area contributed by atoms with E-state index >= 15 is 0 Å². The number of fused-ring (bicyclic) bond motifs is 1. The van der Waals surface area contributed by atoms with Crippen LogP contribution in [0.15, 0.2) is 59.3 Å². The Balaban J connectivity index is 2.18. The van der Waals surface area contributed by atoms with Crippen LogP contribution in [0, 0.1) is 6.92 Å². The van der Waals surface area contributed by atoms with Gasteiger partial charge in [-0.3, -0.25) is 4.98 Å². The van der Waals surface area contributed by atoms with Crippen LogP contribution < -0.4 is 5.73 Å². The molecule has 0 fully saturated rings. The summed E-state index contributed by atoms with van der Waals surface area (Å²) in [7, 11) is 0. The fraction of sp³-hybridized carbons (Fsp3) is 0.118. The van der Waals surface area contributed by atoms with Crippen LogP contribution in [0.5, 0.6) is 0 Å². The third-order valence-electron chi connectivity index (χ3n) is 3.69. The normalized spacial score (nSPS) is 12.6. The van der Waals surface area contributed by atoms with Gasteiger partial charge in [0.15, 0.2) is 0 Å². The molecular formula is C17H15BrN2. The molecule has 1 aromatic heterocycles. The summed E-state index contributed by atoms with van der Waals surface area (Å²) in [6, 6.07) is 14.2. The van der Waals surface area contributed by atoms with Gasteiger partial charge in [0.05, 0.1) is 6.04 Å². The molecule has 2 aromatic carbocycles. The molecule has 0 bridgehead atoms. The fourth-order valence-corrected chi connectivity index (χ4v) is 2.93. The highest BCUT2D eigenvalue weighted by Gasteiger charge is 2.15. The molecule has 3 aromatic rings. The van der Waals surface area contributed by atoms with E-state index < -0.39 is 0 Å². The molecule has 20 heavy (non-hydrogen) atoms. The molecule has 1 atom stereocenters. The first-order valence-corrected chi connectivity index (χ1v) is 7.31. The van der Waals surface area contributed by atoms with Gasteiger partial charge in [-0.2, -0.15) is 0 Å². The number of pyridine rings is 1. The van der Waals surface area contributed by atoms with Crippen LogP contribution in [0.25, 0.3) is 10.8 Å². The Kier molecular flexibility index (Phi) is 3.55. The second-order valence-electron chi connectivity index (χ2n) is 4.88. The number of nitrogens with two attached hydrogens (primary N) is 1. The van der Waals surface area contributed by atoms with Gasteiger partial charge in [0.1, 0.15) is 0 Å². The van der Waals surface area contributed by atoms with E-state index in [1.165, 1.54) is 5.56 Å². The van der Waals surface area contributed by atoms with E-state index in [1.54, 1.807) is 0 Å². The van der Waals surface area contributed by atoms with Gasteiger partial charge in [-0.1, -0.05) is 46.3 Å². The summed E-state index contributed by atoms with van der Waals surface area (Å²) in [6.45, 7) is 2.09. The van der Waals surface area contributed by atoms with Crippen LogP contribution in [-0.2, 0) is 0 Å². The number of nitrogens with zero attached hydrogens (tertiary/aromatic N) is 1. The van der Waals surface area contributed by atoms with Crippen LogP contribution in [0.2, 0.25) is 0 Å². The van der Waals surface area contributed by atoms with E-state index in [-0.39, 0.29) is 6.04 Å². The van der Waals surface area contributed by atoms with E-state index in [1.807, 2.05) is 36.7 Å². The highest BCUT2D eigenvalue weighted by atomic mass is 79.9. The van der Waals surface area contributed by atoms with Crippen LogP contribution in [0.1, 0.15) is 22.7 Å². The number of rotatable bonds is 2. The van der Waals surface area contributed by atoms with Gasteiger partial charge in [-0.15, -0.1) is 0 Å². The summed E-state index contributed by atoms with van der Waals surface area (Å²) in [5, 5.41) is 2.28. The first-order valence-electron chi connectivity index (χ1n) is 6.51. The Morgan fingerprint density at radius 2 is 1.80 bits per heavy atom. The largest absolute Gasteiger partial charge is 0.320 e. The highest BCUT2D eigenvalue weighted by molar-refractivity contribution is 9.10. The van der Waals surface area contributed by atoms with Crippen LogP contribution in [0.4, 0.5) is 0 Å². The van der Waals surface area contributed by atoms with Crippen molar-refractivity contribution in [2.45, 2.75) is 13.0 Å². The van der Waals surface area contributed by atoms with E-state index in [0.717, 1.165) is 26.4 Å². The molecule has 0 amide bonds. The molecular weight excluding hydrogens is 312 g/mol. The molecule has 2 nitrogen and oxygen atoms in total. The summed E-state index contributed by atoms with van der Waals surface area (Å²) in [5.41, 5.74) is 9.97. The van der Waals surface area contributed by atoms with Crippen molar-refractivity contribution in [3.8, 4) is 0 Å². The lowest BCUT2D eigenvalue weighted by molar-refractivity contribution is 0.868. The van der Waals surface area contributed by atoms with Crippen LogP contribution >= 0.6 is 15.9 Å². The minimum Gasteiger partial charge on any atom is -0.320 e. The molecule has 0 aliphatic carbocycles. The SMILES string of the molecule is Cc1c(Br)cccc1C(N)c1cccc2cnccc12. The Bertz CT molecular complexity index is 763. The molecule has 2 N–H and O–H groups in total. The predicted molar refractivity (Wildman–Crippen MR) is 86.7 cm³/mol. The van der Waals surface area contributed by atoms with Crippen molar-refractivity contribution in [1.82, 2.24) is 4.98 Å². The van der Waals surface area contributed by atoms with Crippen molar-refractivity contribution >= 4 is 26.7 Å². The molecule has 3 heteroatoms. The number of hydrogen-bond donors (Lipinski definition) is 1. The van der Waals surface area contributed by atoms with Crippen molar-refractivity contribution in [2.75, 3.05) is 0 Å². The molecule has 1 unspecified atom stereocenters. The van der Waals surface area contributed by atoms with E-state index in [4.69, 9.17) is 5.73 Å². The lowest BCUT2D eigenvalue weighted by Crippen LogP contribution is -2.14. The lowest BCUT2D eigenvalue weighted by atomic mass is 9.93. The minimum atomic E-state index is -0.140. The Morgan fingerprint density at radius 3 is 2.65 bits per heavy atom. The maximum Gasteiger partial charge on any atom is 0.0560 e. The van der Waals surface area contributed by atoms with E-state index in [2.05, 4.69) is 46.0 Å². The van der Waals surface area contributed by atoms with Crippen LogP contribution in [-0.4, -0.2) is 4.98 Å². The number of hydrogen-bond acceptors (Lipinski definition) is 2. The van der Waals surface area contributed by atoms with Crippen LogP contribution in [0.3, 0.4) is 0 Å². The molecule has 1 heterocycles. The van der Waals surface area contributed by atoms with Crippen molar-refractivity contribution in [1.29, 1.82) is 0 Å². The fourth-order valence-electron chi connectivity index (χ4n) is 2.55. The summed E-state index contributed by atoms with van der Waals surface area (Å²) < 4.78 is 1.09. The number of benzene rings is 2. The third-order valence-corrected chi connectivity index (χ3v) is 4.55. The van der Waals surface area contributed by atoms with Gasteiger partial charge < -0.3 is 5.73 Å². The molecule has 3 rings (SSSR count). The molecule has 0 saturated heterocycles. The quantitative estimate of drug-likeness (QED) is 0.760. The zero-order valence-electron chi connectivity index (χ0n) is 11.2. The number of halogens is 1. The third kappa shape index (κ3) is 2.23. The van der Waals surface area contributed by atoms with Gasteiger partial charge >= 0.3 is 0 Å². The minimum absolute atomic E-state index is 0.140. The van der Waals surface area contributed by atoms with E-state index in [9.17, 15) is 0 Å². The van der Waals surface area contributed by atoms with Gasteiger partial charge in [0.2, 0.25) is 0 Å². The zero-order valence-corrected chi connectivity index (χ0v) is 12.8. The molecule has 100 valence electrons. The molecule has 0 radical (unpaired) electrons. The van der Waals surface area contributed by atoms with Gasteiger partial charge in [0, 0.05) is 22.3 Å². The summed E-state index contributed by atoms with van der Waals surface area (Å²) in [4.78, 5) is 4.17. The standard InChI is InChI=1S/C17H15BrN2/c1-11-13(5-3-7-16(11)18)17(19)15-6-2-4-12-10-20-9-8-14(12)15/h2-10,17H,19H2,1H3. The van der Waals surface area contributed by atoms with Gasteiger partial charge in [-0.25, -0.2) is 0 Å². The molecule has 0 aliphatic rings. The van der Waals surface area contributed by atoms with Gasteiger partial charge in [0.25, 0.3) is 0 Å². The summed E-state index contributed by atoms with van der Waals surface area (Å²) in [6.07, 6.45) is 3.69. The smallest absolute Gasteiger partial charge is 0.0560 e. The first-order chi connectivity index (χ1) is 9.68. The predicted octanol–water partition coefficient (Wildman–Crippen LogP) is 4.35. The van der Waals surface area contributed by atoms with Crippen molar-refractivity contribution in [2.24, 2.45) is 5.73 Å². The van der Waals surface area contributed by atoms with Crippen molar-refractivity contribution in [3.05, 3.63) is 76.0 Å². The summed E-state index contributed by atoms with van der Waals surface area (Å²) >= 11 is 3.57. The average Bonchev–Trinajstić information content (AvgIpc) is 2.49. The van der Waals surface area contributed by atoms with Crippen molar-refractivity contribution in [3.63, 3.8) is 0 Å². The maximum atomic E-state index is 6.51. The molecule has 0 aliphatic heterocycles. The second kappa shape index (κ2) is 5.35. The maximum absolute atomic E-state index is 6.51. The topological polar surface area (TPSA) is 38.9 Å². The van der Waals surface area contributed by atoms with E-state index in [0.29, 0.717) is 0 Å². The first kappa shape index (κ1) is 13.3. The monoisotopic (exact) mass is 326 g/mol. The lowest BCUT2D eigenvalue weighted by Gasteiger charge is -2.18. The zero-order chi connectivity index (χ0) is 14.1. The highest BCUT2D eigenvalue weighted by Crippen LogP contribution is 2.30. The second-order valence-corrected chi connectivity index (χ2v) is 5.73. The summed E-state index contributed by atoms with van der Waals surface area (Å²) in [5.74, 6) is 0. The Hall–Kier alpha value is -1.71. The number of aromatic nitrogens is 1. The molecule has 0 saturated carbocycles.